The highest BCUT2D eigenvalue weighted by atomic mass is 35.5. The number of ether oxygens (including phenoxy) is 2. The van der Waals surface area contributed by atoms with Gasteiger partial charge in [-0.3, -0.25) is 0 Å². The third-order valence-electron chi connectivity index (χ3n) is 4.29. The second-order valence-electron chi connectivity index (χ2n) is 5.53. The quantitative estimate of drug-likeness (QED) is 0.931. The molecule has 2 aliphatic heterocycles. The minimum absolute atomic E-state index is 0.0926. The van der Waals surface area contributed by atoms with Gasteiger partial charge in [0.2, 0.25) is 0 Å². The summed E-state index contributed by atoms with van der Waals surface area (Å²) in [7, 11) is 5.35. The first-order chi connectivity index (χ1) is 10.2. The first-order valence-corrected chi connectivity index (χ1v) is 7.44. The fourth-order valence-corrected chi connectivity index (χ4v) is 3.48. The number of hydrogen-bond donors (Lipinski definition) is 1. The number of fused-ring (bicyclic) bond motifs is 1. The summed E-state index contributed by atoms with van der Waals surface area (Å²) >= 11 is 6.53. The molecule has 1 saturated heterocycles. The summed E-state index contributed by atoms with van der Waals surface area (Å²) in [6.45, 7) is 2.05. The molecule has 0 aromatic heterocycles. The standard InChI is InChI=1S/C15H20ClN3O2/c1-19-7-6-11-10(8-19)14(18-17-11)9-4-5-12(20-2)15(21-3)13(9)16/h4-5,10,14,18H,6-8H2,1-3H3. The van der Waals surface area contributed by atoms with Crippen molar-refractivity contribution in [1.29, 1.82) is 0 Å². The van der Waals surface area contributed by atoms with E-state index in [2.05, 4.69) is 22.5 Å². The van der Waals surface area contributed by atoms with Crippen LogP contribution in [0.2, 0.25) is 5.02 Å². The van der Waals surface area contributed by atoms with Gasteiger partial charge in [0.25, 0.3) is 0 Å². The zero-order valence-electron chi connectivity index (χ0n) is 12.5. The highest BCUT2D eigenvalue weighted by Crippen LogP contribution is 2.43. The highest BCUT2D eigenvalue weighted by molar-refractivity contribution is 6.33. The first-order valence-electron chi connectivity index (χ1n) is 7.06. The number of piperidine rings is 1. The minimum atomic E-state index is 0.0926. The Morgan fingerprint density at radius 3 is 2.86 bits per heavy atom. The Hall–Kier alpha value is -1.46. The van der Waals surface area contributed by atoms with Crippen LogP contribution in [-0.4, -0.2) is 45.0 Å². The van der Waals surface area contributed by atoms with E-state index in [4.69, 9.17) is 21.1 Å². The largest absolute Gasteiger partial charge is 0.493 e. The third-order valence-corrected chi connectivity index (χ3v) is 4.68. The zero-order valence-corrected chi connectivity index (χ0v) is 13.3. The molecule has 1 aromatic rings. The molecule has 21 heavy (non-hydrogen) atoms. The lowest BCUT2D eigenvalue weighted by Gasteiger charge is -2.31. The molecule has 0 radical (unpaired) electrons. The van der Waals surface area contributed by atoms with Crippen LogP contribution >= 0.6 is 11.6 Å². The van der Waals surface area contributed by atoms with Crippen molar-refractivity contribution in [2.45, 2.75) is 12.5 Å². The van der Waals surface area contributed by atoms with Gasteiger partial charge in [0.05, 0.1) is 25.3 Å². The van der Waals surface area contributed by atoms with E-state index in [0.717, 1.165) is 25.1 Å². The SMILES string of the molecule is COc1ccc(C2NN=C3CCN(C)CC32)c(Cl)c1OC. The molecule has 2 unspecified atom stereocenters. The smallest absolute Gasteiger partial charge is 0.179 e. The summed E-state index contributed by atoms with van der Waals surface area (Å²) in [4.78, 5) is 2.33. The Bertz CT molecular complexity index is 576. The molecule has 1 fully saturated rings. The predicted octanol–water partition coefficient (Wildman–Crippen LogP) is 2.31. The number of hydrazone groups is 1. The molecule has 0 aliphatic carbocycles. The molecule has 0 amide bonds. The average molecular weight is 310 g/mol. The van der Waals surface area contributed by atoms with Crippen molar-refractivity contribution in [3.8, 4) is 11.5 Å². The van der Waals surface area contributed by atoms with Gasteiger partial charge >= 0.3 is 0 Å². The monoisotopic (exact) mass is 309 g/mol. The van der Waals surface area contributed by atoms with E-state index in [1.807, 2.05) is 12.1 Å². The van der Waals surface area contributed by atoms with E-state index >= 15 is 0 Å². The molecule has 1 N–H and O–H groups in total. The Labute approximate surface area is 129 Å². The maximum atomic E-state index is 6.53. The van der Waals surface area contributed by atoms with Crippen molar-refractivity contribution in [1.82, 2.24) is 10.3 Å². The fourth-order valence-electron chi connectivity index (χ4n) is 3.13. The lowest BCUT2D eigenvalue weighted by molar-refractivity contribution is 0.272. The zero-order chi connectivity index (χ0) is 15.0. The van der Waals surface area contributed by atoms with Crippen molar-refractivity contribution in [3.63, 3.8) is 0 Å². The molecule has 0 spiro atoms. The van der Waals surface area contributed by atoms with E-state index < -0.39 is 0 Å². The summed E-state index contributed by atoms with van der Waals surface area (Å²) < 4.78 is 10.7. The van der Waals surface area contributed by atoms with Gasteiger partial charge in [-0.15, -0.1) is 0 Å². The van der Waals surface area contributed by atoms with E-state index in [0.29, 0.717) is 22.4 Å². The van der Waals surface area contributed by atoms with Gasteiger partial charge in [0.15, 0.2) is 11.5 Å². The topological polar surface area (TPSA) is 46.1 Å². The molecule has 2 aliphatic rings. The van der Waals surface area contributed by atoms with Gasteiger partial charge < -0.3 is 19.8 Å². The van der Waals surface area contributed by atoms with Gasteiger partial charge in [-0.25, -0.2) is 0 Å². The summed E-state index contributed by atoms with van der Waals surface area (Å²) in [5, 5.41) is 5.09. The van der Waals surface area contributed by atoms with E-state index in [1.165, 1.54) is 5.71 Å². The van der Waals surface area contributed by atoms with Gasteiger partial charge in [0, 0.05) is 31.1 Å². The number of rotatable bonds is 3. The van der Waals surface area contributed by atoms with Gasteiger partial charge in [-0.05, 0) is 18.7 Å². The summed E-state index contributed by atoms with van der Waals surface area (Å²) in [6.07, 6.45) is 1.01. The van der Waals surface area contributed by atoms with Crippen LogP contribution in [0.5, 0.6) is 11.5 Å². The molecule has 3 rings (SSSR count). The first kappa shape index (κ1) is 14.5. The van der Waals surface area contributed by atoms with Crippen molar-refractivity contribution in [2.24, 2.45) is 11.0 Å². The van der Waals surface area contributed by atoms with Crippen molar-refractivity contribution >= 4 is 17.3 Å². The maximum Gasteiger partial charge on any atom is 0.179 e. The van der Waals surface area contributed by atoms with Gasteiger partial charge in [-0.1, -0.05) is 17.7 Å². The number of nitrogens with one attached hydrogen (secondary N) is 1. The van der Waals surface area contributed by atoms with Crippen molar-refractivity contribution in [2.75, 3.05) is 34.4 Å². The molecule has 5 nitrogen and oxygen atoms in total. The second kappa shape index (κ2) is 5.73. The number of halogens is 1. The van der Waals surface area contributed by atoms with Crippen LogP contribution in [0.25, 0.3) is 0 Å². The number of hydrogen-bond acceptors (Lipinski definition) is 5. The predicted molar refractivity (Wildman–Crippen MR) is 83.5 cm³/mol. The Balaban J connectivity index is 1.94. The molecule has 0 bridgehead atoms. The molecule has 114 valence electrons. The van der Waals surface area contributed by atoms with Crippen molar-refractivity contribution < 1.29 is 9.47 Å². The molecule has 0 saturated carbocycles. The lowest BCUT2D eigenvalue weighted by atomic mass is 9.86. The van der Waals surface area contributed by atoms with Crippen LogP contribution in [0.3, 0.4) is 0 Å². The highest BCUT2D eigenvalue weighted by Gasteiger charge is 2.37. The molecule has 6 heteroatoms. The minimum Gasteiger partial charge on any atom is -0.493 e. The second-order valence-corrected chi connectivity index (χ2v) is 5.91. The maximum absolute atomic E-state index is 6.53. The van der Waals surface area contributed by atoms with Crippen LogP contribution in [0.4, 0.5) is 0 Å². The lowest BCUT2D eigenvalue weighted by Crippen LogP contribution is -2.39. The summed E-state index contributed by atoms with van der Waals surface area (Å²) in [5.74, 6) is 1.58. The average Bonchev–Trinajstić information content (AvgIpc) is 2.89. The molecule has 1 aromatic carbocycles. The van der Waals surface area contributed by atoms with Crippen LogP contribution in [0.15, 0.2) is 17.2 Å². The number of likely N-dealkylation sites (tertiary alicyclic amines) is 1. The number of nitrogens with zero attached hydrogens (tertiary/aromatic N) is 2. The van der Waals surface area contributed by atoms with Crippen LogP contribution in [0.1, 0.15) is 18.0 Å². The molecule has 2 atom stereocenters. The van der Waals surface area contributed by atoms with Crippen LogP contribution in [-0.2, 0) is 0 Å². The Morgan fingerprint density at radius 2 is 2.14 bits per heavy atom. The number of benzene rings is 1. The third kappa shape index (κ3) is 2.45. The number of methoxy groups -OCH3 is 2. The van der Waals surface area contributed by atoms with E-state index in [1.54, 1.807) is 14.2 Å². The summed E-state index contributed by atoms with van der Waals surface area (Å²) in [5.41, 5.74) is 5.49. The van der Waals surface area contributed by atoms with Crippen LogP contribution in [0, 0.1) is 5.92 Å². The van der Waals surface area contributed by atoms with Gasteiger partial charge in [-0.2, -0.15) is 5.10 Å². The van der Waals surface area contributed by atoms with Crippen LogP contribution < -0.4 is 14.9 Å². The van der Waals surface area contributed by atoms with Gasteiger partial charge in [0.1, 0.15) is 0 Å². The summed E-state index contributed by atoms with van der Waals surface area (Å²) in [6, 6.07) is 3.98. The normalized spacial score (nSPS) is 25.0. The molecular formula is C15H20ClN3O2. The molecular weight excluding hydrogens is 290 g/mol. The fraction of sp³-hybridized carbons (Fsp3) is 0.533. The van der Waals surface area contributed by atoms with Crippen molar-refractivity contribution in [3.05, 3.63) is 22.7 Å². The van der Waals surface area contributed by atoms with E-state index in [-0.39, 0.29) is 6.04 Å². The Morgan fingerprint density at radius 1 is 1.33 bits per heavy atom. The molecule has 2 heterocycles. The van der Waals surface area contributed by atoms with E-state index in [9.17, 15) is 0 Å². The Kier molecular flexibility index (Phi) is 3.95.